The number of hydrogen-bond donors (Lipinski definition) is 1. The van der Waals surface area contributed by atoms with Crippen molar-refractivity contribution in [3.8, 4) is 0 Å². The van der Waals surface area contributed by atoms with Gasteiger partial charge in [-0.05, 0) is 11.4 Å². The standard InChI is InChI=1S/C8H9NO3S/c1-9(8(11)12)4-7(10)6-2-3-13-5-6/h2-3,5H,4H2,1H3,(H,11,12). The number of rotatable bonds is 3. The van der Waals surface area contributed by atoms with Crippen molar-refractivity contribution in [1.82, 2.24) is 4.90 Å². The van der Waals surface area contributed by atoms with Gasteiger partial charge in [0.25, 0.3) is 0 Å². The molecule has 1 heterocycles. The summed E-state index contributed by atoms with van der Waals surface area (Å²) in [4.78, 5) is 22.7. The number of nitrogens with zero attached hydrogens (tertiary/aromatic N) is 1. The minimum Gasteiger partial charge on any atom is -0.465 e. The first-order chi connectivity index (χ1) is 6.11. The molecule has 0 saturated heterocycles. The van der Waals surface area contributed by atoms with E-state index in [0.717, 1.165) is 4.90 Å². The summed E-state index contributed by atoms with van der Waals surface area (Å²) in [6.07, 6.45) is -1.09. The molecule has 0 aliphatic carbocycles. The Labute approximate surface area is 79.4 Å². The molecule has 0 aromatic carbocycles. The van der Waals surface area contributed by atoms with Crippen LogP contribution in [0.15, 0.2) is 16.8 Å². The lowest BCUT2D eigenvalue weighted by atomic mass is 10.2. The second-order valence-corrected chi connectivity index (χ2v) is 3.35. The van der Waals surface area contributed by atoms with E-state index in [1.165, 1.54) is 18.4 Å². The van der Waals surface area contributed by atoms with Crippen LogP contribution in [0.2, 0.25) is 0 Å². The van der Waals surface area contributed by atoms with Gasteiger partial charge in [-0.25, -0.2) is 4.79 Å². The lowest BCUT2D eigenvalue weighted by Gasteiger charge is -2.10. The Morgan fingerprint density at radius 1 is 1.62 bits per heavy atom. The third-order valence-electron chi connectivity index (χ3n) is 1.55. The highest BCUT2D eigenvalue weighted by Gasteiger charge is 2.12. The van der Waals surface area contributed by atoms with Crippen LogP contribution in [-0.2, 0) is 0 Å². The predicted molar refractivity (Wildman–Crippen MR) is 49.3 cm³/mol. The van der Waals surface area contributed by atoms with E-state index in [-0.39, 0.29) is 12.3 Å². The van der Waals surface area contributed by atoms with Crippen LogP contribution in [0.25, 0.3) is 0 Å². The van der Waals surface area contributed by atoms with Crippen LogP contribution in [0.5, 0.6) is 0 Å². The van der Waals surface area contributed by atoms with Gasteiger partial charge in [-0.1, -0.05) is 0 Å². The van der Waals surface area contributed by atoms with E-state index in [4.69, 9.17) is 5.11 Å². The normalized spacial score (nSPS) is 9.62. The number of carboxylic acid groups (broad SMARTS) is 1. The van der Waals surface area contributed by atoms with Crippen LogP contribution in [0, 0.1) is 0 Å². The number of carbonyl (C=O) groups excluding carboxylic acids is 1. The summed E-state index contributed by atoms with van der Waals surface area (Å²) in [7, 11) is 1.37. The van der Waals surface area contributed by atoms with Gasteiger partial charge in [0.1, 0.15) is 0 Å². The molecule has 13 heavy (non-hydrogen) atoms. The smallest absolute Gasteiger partial charge is 0.407 e. The van der Waals surface area contributed by atoms with Crippen molar-refractivity contribution < 1.29 is 14.7 Å². The van der Waals surface area contributed by atoms with Crippen LogP contribution in [0.1, 0.15) is 10.4 Å². The van der Waals surface area contributed by atoms with Gasteiger partial charge in [-0.2, -0.15) is 11.3 Å². The van der Waals surface area contributed by atoms with Crippen molar-refractivity contribution >= 4 is 23.2 Å². The maximum Gasteiger partial charge on any atom is 0.407 e. The number of likely N-dealkylation sites (N-methyl/N-ethyl adjacent to an activating group) is 1. The highest BCUT2D eigenvalue weighted by Crippen LogP contribution is 2.07. The van der Waals surface area contributed by atoms with Crippen molar-refractivity contribution in [1.29, 1.82) is 0 Å². The number of thiophene rings is 1. The molecule has 0 unspecified atom stereocenters. The zero-order valence-electron chi connectivity index (χ0n) is 7.06. The van der Waals surface area contributed by atoms with Gasteiger partial charge in [0.2, 0.25) is 0 Å². The Morgan fingerprint density at radius 2 is 2.31 bits per heavy atom. The number of Topliss-reactive ketones (excluding diaryl/α,β-unsaturated/α-hetero) is 1. The molecule has 0 spiro atoms. The molecule has 0 aliphatic rings. The number of hydrogen-bond acceptors (Lipinski definition) is 3. The van der Waals surface area contributed by atoms with Crippen LogP contribution in [-0.4, -0.2) is 35.5 Å². The number of amides is 1. The Kier molecular flexibility index (Phi) is 3.02. The minimum atomic E-state index is -1.09. The van der Waals surface area contributed by atoms with E-state index in [9.17, 15) is 9.59 Å². The average molecular weight is 199 g/mol. The van der Waals surface area contributed by atoms with Crippen LogP contribution in [0.4, 0.5) is 4.79 Å². The van der Waals surface area contributed by atoms with E-state index in [0.29, 0.717) is 5.56 Å². The monoisotopic (exact) mass is 199 g/mol. The first-order valence-corrected chi connectivity index (χ1v) is 4.55. The van der Waals surface area contributed by atoms with E-state index in [1.807, 2.05) is 0 Å². The second-order valence-electron chi connectivity index (χ2n) is 2.57. The summed E-state index contributed by atoms with van der Waals surface area (Å²) in [5.41, 5.74) is 0.568. The molecule has 1 rings (SSSR count). The van der Waals surface area contributed by atoms with Crippen LogP contribution in [0.3, 0.4) is 0 Å². The van der Waals surface area contributed by atoms with E-state index in [1.54, 1.807) is 16.8 Å². The number of ketones is 1. The van der Waals surface area contributed by atoms with Gasteiger partial charge < -0.3 is 10.0 Å². The summed E-state index contributed by atoms with van der Waals surface area (Å²) in [6, 6.07) is 1.68. The summed E-state index contributed by atoms with van der Waals surface area (Å²) in [5.74, 6) is -0.175. The third-order valence-corrected chi connectivity index (χ3v) is 2.23. The molecule has 1 amide bonds. The largest absolute Gasteiger partial charge is 0.465 e. The molecule has 0 radical (unpaired) electrons. The highest BCUT2D eigenvalue weighted by atomic mass is 32.1. The molecule has 0 saturated carbocycles. The van der Waals surface area contributed by atoms with Crippen molar-refractivity contribution in [2.45, 2.75) is 0 Å². The summed E-state index contributed by atoms with van der Waals surface area (Å²) in [6.45, 7) is -0.0912. The molecule has 0 atom stereocenters. The second kappa shape index (κ2) is 4.04. The van der Waals surface area contributed by atoms with Gasteiger partial charge in [-0.3, -0.25) is 4.79 Å². The molecular formula is C8H9NO3S. The molecule has 0 bridgehead atoms. The Morgan fingerprint density at radius 3 is 2.77 bits per heavy atom. The van der Waals surface area contributed by atoms with Crippen molar-refractivity contribution in [2.24, 2.45) is 0 Å². The van der Waals surface area contributed by atoms with Gasteiger partial charge >= 0.3 is 6.09 Å². The molecule has 4 nitrogen and oxygen atoms in total. The minimum absolute atomic E-state index is 0.0912. The van der Waals surface area contributed by atoms with E-state index >= 15 is 0 Å². The third kappa shape index (κ3) is 2.55. The van der Waals surface area contributed by atoms with Crippen molar-refractivity contribution in [2.75, 3.05) is 13.6 Å². The predicted octanol–water partition coefficient (Wildman–Crippen LogP) is 1.54. The van der Waals surface area contributed by atoms with Gasteiger partial charge in [0, 0.05) is 18.0 Å². The van der Waals surface area contributed by atoms with E-state index in [2.05, 4.69) is 0 Å². The lowest BCUT2D eigenvalue weighted by Crippen LogP contribution is -2.30. The first kappa shape index (κ1) is 9.73. The fourth-order valence-corrected chi connectivity index (χ4v) is 1.46. The van der Waals surface area contributed by atoms with E-state index < -0.39 is 6.09 Å². The zero-order chi connectivity index (χ0) is 9.84. The fourth-order valence-electron chi connectivity index (χ4n) is 0.797. The fraction of sp³-hybridized carbons (Fsp3) is 0.250. The highest BCUT2D eigenvalue weighted by molar-refractivity contribution is 7.08. The Hall–Kier alpha value is -1.36. The maximum absolute atomic E-state index is 11.3. The molecule has 1 N–H and O–H groups in total. The number of carbonyl (C=O) groups is 2. The average Bonchev–Trinajstić information content (AvgIpc) is 2.55. The Bertz CT molecular complexity index is 307. The zero-order valence-corrected chi connectivity index (χ0v) is 7.87. The lowest BCUT2D eigenvalue weighted by molar-refractivity contribution is 0.0929. The molecule has 1 aromatic heterocycles. The quantitative estimate of drug-likeness (QED) is 0.751. The van der Waals surface area contributed by atoms with Crippen molar-refractivity contribution in [3.05, 3.63) is 22.4 Å². The first-order valence-electron chi connectivity index (χ1n) is 3.60. The molecule has 5 heteroatoms. The molecule has 70 valence electrons. The van der Waals surface area contributed by atoms with Gasteiger partial charge in [0.15, 0.2) is 5.78 Å². The van der Waals surface area contributed by atoms with Crippen molar-refractivity contribution in [3.63, 3.8) is 0 Å². The molecule has 0 aliphatic heterocycles. The van der Waals surface area contributed by atoms with Crippen LogP contribution < -0.4 is 0 Å². The molecule has 0 fully saturated rings. The topological polar surface area (TPSA) is 57.6 Å². The molecular weight excluding hydrogens is 190 g/mol. The summed E-state index contributed by atoms with van der Waals surface area (Å²) < 4.78 is 0. The molecule has 1 aromatic rings. The Balaban J connectivity index is 2.56. The van der Waals surface area contributed by atoms with Crippen LogP contribution >= 0.6 is 11.3 Å². The summed E-state index contributed by atoms with van der Waals surface area (Å²) >= 11 is 1.42. The van der Waals surface area contributed by atoms with Gasteiger partial charge in [0.05, 0.1) is 6.54 Å². The van der Waals surface area contributed by atoms with Gasteiger partial charge in [-0.15, -0.1) is 0 Å². The maximum atomic E-state index is 11.3. The SMILES string of the molecule is CN(CC(=O)c1ccsc1)C(=O)O. The summed E-state index contributed by atoms with van der Waals surface area (Å²) in [5, 5.41) is 12.0.